The summed E-state index contributed by atoms with van der Waals surface area (Å²) < 4.78 is 38.2. The monoisotopic (exact) mass is 412 g/mol. The SMILES string of the molecule is CS(=O)(=O)c1cccc(-c2cc(Cc3n[nH]c(=O)c4c3CCCC4)ccc2F)c1. The van der Waals surface area contributed by atoms with Crippen molar-refractivity contribution in [3.8, 4) is 11.1 Å². The first-order chi connectivity index (χ1) is 13.8. The molecule has 0 radical (unpaired) electrons. The average molecular weight is 412 g/mol. The number of aromatic nitrogens is 2. The first-order valence-electron chi connectivity index (χ1n) is 9.51. The summed E-state index contributed by atoms with van der Waals surface area (Å²) in [6.07, 6.45) is 5.20. The Morgan fingerprint density at radius 2 is 1.83 bits per heavy atom. The number of sulfone groups is 1. The number of H-pyrrole nitrogens is 1. The number of halogens is 1. The number of nitrogens with one attached hydrogen (secondary N) is 1. The van der Waals surface area contributed by atoms with Gasteiger partial charge < -0.3 is 0 Å². The molecule has 1 N–H and O–H groups in total. The van der Waals surface area contributed by atoms with Gasteiger partial charge in [-0.25, -0.2) is 17.9 Å². The molecule has 7 heteroatoms. The maximum Gasteiger partial charge on any atom is 0.267 e. The van der Waals surface area contributed by atoms with Crippen molar-refractivity contribution < 1.29 is 12.8 Å². The van der Waals surface area contributed by atoms with Crippen LogP contribution < -0.4 is 5.56 Å². The van der Waals surface area contributed by atoms with Crippen molar-refractivity contribution in [2.75, 3.05) is 6.26 Å². The van der Waals surface area contributed by atoms with Crippen molar-refractivity contribution in [3.63, 3.8) is 0 Å². The summed E-state index contributed by atoms with van der Waals surface area (Å²) in [7, 11) is -3.39. The third-order valence-electron chi connectivity index (χ3n) is 5.36. The Bertz CT molecular complexity index is 1250. The fourth-order valence-electron chi connectivity index (χ4n) is 3.87. The third kappa shape index (κ3) is 4.00. The van der Waals surface area contributed by atoms with Gasteiger partial charge in [-0.05, 0) is 66.6 Å². The lowest BCUT2D eigenvalue weighted by molar-refractivity contribution is 0.601. The molecule has 29 heavy (non-hydrogen) atoms. The Kier molecular flexibility index (Phi) is 5.08. The molecule has 1 aliphatic carbocycles. The second-order valence-corrected chi connectivity index (χ2v) is 9.47. The smallest absolute Gasteiger partial charge is 0.267 e. The summed E-state index contributed by atoms with van der Waals surface area (Å²) in [5, 5.41) is 6.83. The molecule has 0 aliphatic heterocycles. The first kappa shape index (κ1) is 19.5. The largest absolute Gasteiger partial charge is 0.268 e. The van der Waals surface area contributed by atoms with Crippen LogP contribution in [-0.2, 0) is 29.1 Å². The fourth-order valence-corrected chi connectivity index (χ4v) is 4.53. The quantitative estimate of drug-likeness (QED) is 0.712. The molecule has 1 aliphatic rings. The van der Waals surface area contributed by atoms with Crippen LogP contribution in [0.2, 0.25) is 0 Å². The zero-order chi connectivity index (χ0) is 20.6. The van der Waals surface area contributed by atoms with Crippen LogP contribution in [0.5, 0.6) is 0 Å². The van der Waals surface area contributed by atoms with E-state index in [-0.39, 0.29) is 10.5 Å². The zero-order valence-corrected chi connectivity index (χ0v) is 16.9. The van der Waals surface area contributed by atoms with Gasteiger partial charge in [0, 0.05) is 23.8 Å². The predicted molar refractivity (Wildman–Crippen MR) is 109 cm³/mol. The van der Waals surface area contributed by atoms with Crippen LogP contribution in [-0.4, -0.2) is 24.9 Å². The first-order valence-corrected chi connectivity index (χ1v) is 11.4. The van der Waals surface area contributed by atoms with Gasteiger partial charge in [-0.3, -0.25) is 4.79 Å². The Morgan fingerprint density at radius 3 is 2.59 bits per heavy atom. The van der Waals surface area contributed by atoms with Gasteiger partial charge in [0.15, 0.2) is 9.84 Å². The van der Waals surface area contributed by atoms with Crippen molar-refractivity contribution in [1.29, 1.82) is 0 Å². The van der Waals surface area contributed by atoms with Crippen LogP contribution in [0.4, 0.5) is 4.39 Å². The molecule has 0 saturated carbocycles. The second kappa shape index (κ2) is 7.55. The van der Waals surface area contributed by atoms with Crippen LogP contribution in [0.3, 0.4) is 0 Å². The lowest BCUT2D eigenvalue weighted by Gasteiger charge is -2.17. The van der Waals surface area contributed by atoms with Gasteiger partial charge in [-0.2, -0.15) is 5.10 Å². The van der Waals surface area contributed by atoms with Crippen molar-refractivity contribution in [3.05, 3.63) is 81.0 Å². The van der Waals surface area contributed by atoms with E-state index >= 15 is 0 Å². The Hall–Kier alpha value is -2.80. The highest BCUT2D eigenvalue weighted by Crippen LogP contribution is 2.28. The number of nitrogens with zero attached hydrogens (tertiary/aromatic N) is 1. The number of hydrogen-bond acceptors (Lipinski definition) is 4. The van der Waals surface area contributed by atoms with Crippen molar-refractivity contribution >= 4 is 9.84 Å². The summed E-state index contributed by atoms with van der Waals surface area (Å²) >= 11 is 0. The van der Waals surface area contributed by atoms with Crippen LogP contribution in [0, 0.1) is 5.82 Å². The molecule has 3 aromatic rings. The highest BCUT2D eigenvalue weighted by molar-refractivity contribution is 7.90. The minimum absolute atomic E-state index is 0.124. The molecular formula is C22H21FN2O3S. The molecule has 0 saturated heterocycles. The van der Waals surface area contributed by atoms with Crippen LogP contribution in [0.1, 0.15) is 35.2 Å². The number of aromatic amines is 1. The van der Waals surface area contributed by atoms with E-state index in [9.17, 15) is 17.6 Å². The summed E-state index contributed by atoms with van der Waals surface area (Å²) in [4.78, 5) is 12.2. The van der Waals surface area contributed by atoms with E-state index < -0.39 is 15.7 Å². The Morgan fingerprint density at radius 1 is 1.07 bits per heavy atom. The van der Waals surface area contributed by atoms with Gasteiger partial charge in [0.2, 0.25) is 0 Å². The van der Waals surface area contributed by atoms with Crippen LogP contribution in [0.25, 0.3) is 11.1 Å². The molecule has 150 valence electrons. The number of hydrogen-bond donors (Lipinski definition) is 1. The molecule has 0 bridgehead atoms. The van der Waals surface area contributed by atoms with Gasteiger partial charge in [-0.1, -0.05) is 18.2 Å². The van der Waals surface area contributed by atoms with E-state index in [0.29, 0.717) is 17.5 Å². The molecule has 2 aromatic carbocycles. The lowest BCUT2D eigenvalue weighted by Crippen LogP contribution is -2.23. The number of rotatable bonds is 4. The number of benzene rings is 2. The van der Waals surface area contributed by atoms with Crippen LogP contribution in [0.15, 0.2) is 52.2 Å². The second-order valence-electron chi connectivity index (χ2n) is 7.45. The Labute approximate surface area is 168 Å². The molecule has 5 nitrogen and oxygen atoms in total. The van der Waals surface area contributed by atoms with Crippen molar-refractivity contribution in [2.24, 2.45) is 0 Å². The van der Waals surface area contributed by atoms with E-state index in [1.54, 1.807) is 24.3 Å². The molecule has 0 fully saturated rings. The summed E-state index contributed by atoms with van der Waals surface area (Å²) in [5.74, 6) is -0.421. The van der Waals surface area contributed by atoms with Gasteiger partial charge >= 0.3 is 0 Å². The lowest BCUT2D eigenvalue weighted by atomic mass is 9.90. The van der Waals surface area contributed by atoms with E-state index in [4.69, 9.17) is 0 Å². The van der Waals surface area contributed by atoms with Gasteiger partial charge in [-0.15, -0.1) is 0 Å². The van der Waals surface area contributed by atoms with E-state index in [2.05, 4.69) is 10.2 Å². The fraction of sp³-hybridized carbons (Fsp3) is 0.273. The average Bonchev–Trinajstić information content (AvgIpc) is 2.71. The van der Waals surface area contributed by atoms with Gasteiger partial charge in [0.05, 0.1) is 10.6 Å². The number of fused-ring (bicyclic) bond motifs is 1. The van der Waals surface area contributed by atoms with Crippen molar-refractivity contribution in [1.82, 2.24) is 10.2 Å². The maximum absolute atomic E-state index is 14.5. The van der Waals surface area contributed by atoms with Gasteiger partial charge in [0.1, 0.15) is 5.82 Å². The van der Waals surface area contributed by atoms with Crippen molar-refractivity contribution in [2.45, 2.75) is 37.0 Å². The molecular weight excluding hydrogens is 391 g/mol. The molecule has 1 heterocycles. The standard InChI is InChI=1S/C22H21FN2O3S/c1-29(27,28)16-6-4-5-15(13-16)19-11-14(9-10-20(19)23)12-21-17-7-2-3-8-18(17)22(26)25-24-21/h4-6,9-11,13H,2-3,7-8,12H2,1H3,(H,25,26). The normalized spacial score (nSPS) is 13.9. The summed E-state index contributed by atoms with van der Waals surface area (Å²) in [6.45, 7) is 0. The van der Waals surface area contributed by atoms with E-state index in [1.807, 2.05) is 0 Å². The zero-order valence-electron chi connectivity index (χ0n) is 16.0. The molecule has 4 rings (SSSR count). The summed E-state index contributed by atoms with van der Waals surface area (Å²) in [6, 6.07) is 11.1. The molecule has 0 amide bonds. The topological polar surface area (TPSA) is 79.9 Å². The molecule has 0 atom stereocenters. The van der Waals surface area contributed by atoms with Crippen LogP contribution >= 0.6 is 0 Å². The molecule has 1 aromatic heterocycles. The minimum atomic E-state index is -3.39. The Balaban J connectivity index is 1.73. The summed E-state index contributed by atoms with van der Waals surface area (Å²) in [5.41, 5.74) is 4.19. The maximum atomic E-state index is 14.5. The van der Waals surface area contributed by atoms with Gasteiger partial charge in [0.25, 0.3) is 5.56 Å². The third-order valence-corrected chi connectivity index (χ3v) is 6.47. The molecule has 0 unspecified atom stereocenters. The van der Waals surface area contributed by atoms with E-state index in [1.165, 1.54) is 18.2 Å². The highest BCUT2D eigenvalue weighted by atomic mass is 32.2. The predicted octanol–water partition coefficient (Wildman–Crippen LogP) is 3.45. The highest BCUT2D eigenvalue weighted by Gasteiger charge is 2.18. The van der Waals surface area contributed by atoms with E-state index in [0.717, 1.165) is 54.3 Å². The minimum Gasteiger partial charge on any atom is -0.268 e. The molecule has 0 spiro atoms.